The lowest BCUT2D eigenvalue weighted by Gasteiger charge is -2.25. The van der Waals surface area contributed by atoms with Crippen LogP contribution in [0.15, 0.2) is 60.9 Å². The summed E-state index contributed by atoms with van der Waals surface area (Å²) in [5.74, 6) is 0.714. The summed E-state index contributed by atoms with van der Waals surface area (Å²) in [5.41, 5.74) is 2.32. The fraction of sp³-hybridized carbons (Fsp3) is 0.158. The van der Waals surface area contributed by atoms with E-state index in [1.54, 1.807) is 16.9 Å². The molecule has 0 aliphatic carbocycles. The summed E-state index contributed by atoms with van der Waals surface area (Å²) in [6, 6.07) is 15.2. The van der Waals surface area contributed by atoms with Gasteiger partial charge in [0.1, 0.15) is 12.4 Å². The lowest BCUT2D eigenvalue weighted by molar-refractivity contribution is 0.0915. The number of para-hydroxylation sites is 2. The number of hydrogen-bond donors (Lipinski definition) is 1. The Bertz CT molecular complexity index is 922. The van der Waals surface area contributed by atoms with E-state index in [9.17, 15) is 4.79 Å². The Labute approximate surface area is 150 Å². The first kappa shape index (κ1) is 15.7. The van der Waals surface area contributed by atoms with Crippen LogP contribution < -0.4 is 10.1 Å². The van der Waals surface area contributed by atoms with Gasteiger partial charge in [0, 0.05) is 6.20 Å². The normalized spacial score (nSPS) is 16.0. The van der Waals surface area contributed by atoms with Crippen LogP contribution in [0.3, 0.4) is 0 Å². The van der Waals surface area contributed by atoms with Gasteiger partial charge in [-0.15, -0.1) is 0 Å². The standard InChI is InChI=1S/C19H16ClN3O2/c20-16-6-2-3-7-17(16)23-11-14(10-21-23)19(24)22-15-9-13-5-1-4-8-18(13)25-12-15/h1-8,10-11,15H,9,12H2,(H,22,24). The summed E-state index contributed by atoms with van der Waals surface area (Å²) in [7, 11) is 0. The van der Waals surface area contributed by atoms with Crippen LogP contribution >= 0.6 is 11.6 Å². The van der Waals surface area contributed by atoms with Gasteiger partial charge in [0.15, 0.2) is 0 Å². The maximum absolute atomic E-state index is 12.5. The van der Waals surface area contributed by atoms with E-state index in [0.717, 1.165) is 23.4 Å². The molecule has 0 spiro atoms. The molecule has 1 aliphatic rings. The summed E-state index contributed by atoms with van der Waals surface area (Å²) in [5, 5.41) is 7.82. The first-order chi connectivity index (χ1) is 12.2. The molecule has 0 bridgehead atoms. The van der Waals surface area contributed by atoms with E-state index in [2.05, 4.69) is 10.4 Å². The summed E-state index contributed by atoms with van der Waals surface area (Å²) >= 11 is 6.17. The van der Waals surface area contributed by atoms with Crippen molar-refractivity contribution in [1.82, 2.24) is 15.1 Å². The molecule has 0 radical (unpaired) electrons. The number of aromatic nitrogens is 2. The van der Waals surface area contributed by atoms with Crippen LogP contribution in [0.2, 0.25) is 5.02 Å². The molecule has 126 valence electrons. The number of fused-ring (bicyclic) bond motifs is 1. The summed E-state index contributed by atoms with van der Waals surface area (Å²) in [4.78, 5) is 12.5. The van der Waals surface area contributed by atoms with Crippen molar-refractivity contribution in [1.29, 1.82) is 0 Å². The van der Waals surface area contributed by atoms with Gasteiger partial charge in [-0.2, -0.15) is 5.10 Å². The zero-order chi connectivity index (χ0) is 17.2. The second-order valence-corrected chi connectivity index (χ2v) is 6.33. The van der Waals surface area contributed by atoms with Crippen LogP contribution in [-0.4, -0.2) is 28.3 Å². The van der Waals surface area contributed by atoms with Crippen molar-refractivity contribution in [3.8, 4) is 11.4 Å². The van der Waals surface area contributed by atoms with Crippen LogP contribution in [0.25, 0.3) is 5.69 Å². The van der Waals surface area contributed by atoms with Gasteiger partial charge >= 0.3 is 0 Å². The highest BCUT2D eigenvalue weighted by Crippen LogP contribution is 2.24. The Balaban J connectivity index is 1.47. The third-order valence-corrected chi connectivity index (χ3v) is 4.48. The molecule has 1 atom stereocenters. The minimum atomic E-state index is -0.175. The highest BCUT2D eigenvalue weighted by atomic mass is 35.5. The molecule has 1 N–H and O–H groups in total. The molecule has 6 heteroatoms. The largest absolute Gasteiger partial charge is 0.491 e. The molecular weight excluding hydrogens is 338 g/mol. The van der Waals surface area contributed by atoms with Crippen molar-refractivity contribution in [2.24, 2.45) is 0 Å². The van der Waals surface area contributed by atoms with Crippen molar-refractivity contribution in [3.05, 3.63) is 77.1 Å². The predicted octanol–water partition coefficient (Wildman–Crippen LogP) is 3.26. The Hall–Kier alpha value is -2.79. The van der Waals surface area contributed by atoms with E-state index in [-0.39, 0.29) is 11.9 Å². The third kappa shape index (κ3) is 3.23. The first-order valence-electron chi connectivity index (χ1n) is 8.02. The summed E-state index contributed by atoms with van der Waals surface area (Å²) in [6.45, 7) is 0.460. The van der Waals surface area contributed by atoms with Gasteiger partial charge in [0.2, 0.25) is 0 Å². The molecule has 5 nitrogen and oxygen atoms in total. The highest BCUT2D eigenvalue weighted by Gasteiger charge is 2.22. The van der Waals surface area contributed by atoms with Gasteiger partial charge in [-0.3, -0.25) is 4.79 Å². The van der Waals surface area contributed by atoms with Gasteiger partial charge in [0.25, 0.3) is 5.91 Å². The fourth-order valence-electron chi connectivity index (χ4n) is 2.90. The summed E-state index contributed by atoms with van der Waals surface area (Å²) in [6.07, 6.45) is 3.96. The smallest absolute Gasteiger partial charge is 0.254 e. The highest BCUT2D eigenvalue weighted by molar-refractivity contribution is 6.32. The van der Waals surface area contributed by atoms with Crippen LogP contribution in [0.1, 0.15) is 15.9 Å². The zero-order valence-electron chi connectivity index (χ0n) is 13.4. The molecule has 4 rings (SSSR count). The monoisotopic (exact) mass is 353 g/mol. The molecule has 25 heavy (non-hydrogen) atoms. The Morgan fingerprint density at radius 3 is 2.88 bits per heavy atom. The molecule has 1 amide bonds. The number of hydrogen-bond acceptors (Lipinski definition) is 3. The van der Waals surface area contributed by atoms with Gasteiger partial charge < -0.3 is 10.1 Å². The van der Waals surface area contributed by atoms with Crippen molar-refractivity contribution in [2.45, 2.75) is 12.5 Å². The van der Waals surface area contributed by atoms with Crippen LogP contribution in [0, 0.1) is 0 Å². The minimum Gasteiger partial charge on any atom is -0.491 e. The lowest BCUT2D eigenvalue weighted by atomic mass is 10.0. The number of ether oxygens (including phenoxy) is 1. The van der Waals surface area contributed by atoms with Crippen LogP contribution in [-0.2, 0) is 6.42 Å². The van der Waals surface area contributed by atoms with Gasteiger partial charge in [0.05, 0.1) is 28.5 Å². The number of rotatable bonds is 3. The first-order valence-corrected chi connectivity index (χ1v) is 8.39. The molecule has 1 unspecified atom stereocenters. The number of carbonyl (C=O) groups is 1. The molecular formula is C19H16ClN3O2. The van der Waals surface area contributed by atoms with E-state index in [4.69, 9.17) is 16.3 Å². The quantitative estimate of drug-likeness (QED) is 0.786. The maximum Gasteiger partial charge on any atom is 0.254 e. The molecule has 0 saturated carbocycles. The average Bonchev–Trinajstić information content (AvgIpc) is 3.12. The van der Waals surface area contributed by atoms with Crippen molar-refractivity contribution in [2.75, 3.05) is 6.61 Å². The Kier molecular flexibility index (Phi) is 4.15. The third-order valence-electron chi connectivity index (χ3n) is 4.16. The number of amides is 1. The topological polar surface area (TPSA) is 56.1 Å². The van der Waals surface area contributed by atoms with E-state index in [1.807, 2.05) is 42.5 Å². The van der Waals surface area contributed by atoms with E-state index in [1.165, 1.54) is 6.20 Å². The van der Waals surface area contributed by atoms with E-state index in [0.29, 0.717) is 17.2 Å². The van der Waals surface area contributed by atoms with E-state index < -0.39 is 0 Å². The maximum atomic E-state index is 12.5. The fourth-order valence-corrected chi connectivity index (χ4v) is 3.12. The average molecular weight is 354 g/mol. The Morgan fingerprint density at radius 2 is 2.00 bits per heavy atom. The molecule has 3 aromatic rings. The molecule has 1 aliphatic heterocycles. The Morgan fingerprint density at radius 1 is 1.20 bits per heavy atom. The predicted molar refractivity (Wildman–Crippen MR) is 95.5 cm³/mol. The van der Waals surface area contributed by atoms with Crippen molar-refractivity contribution >= 4 is 17.5 Å². The second-order valence-electron chi connectivity index (χ2n) is 5.92. The van der Waals surface area contributed by atoms with Gasteiger partial charge in [-0.05, 0) is 30.2 Å². The van der Waals surface area contributed by atoms with Gasteiger partial charge in [-0.1, -0.05) is 41.9 Å². The molecule has 0 saturated heterocycles. The van der Waals surface area contributed by atoms with Crippen LogP contribution in [0.4, 0.5) is 0 Å². The SMILES string of the molecule is O=C(NC1COc2ccccc2C1)c1cnn(-c2ccccc2Cl)c1. The molecule has 2 heterocycles. The minimum absolute atomic E-state index is 0.0638. The van der Waals surface area contributed by atoms with Gasteiger partial charge in [-0.25, -0.2) is 4.68 Å². The summed E-state index contributed by atoms with van der Waals surface area (Å²) < 4.78 is 7.31. The second kappa shape index (κ2) is 6.61. The van der Waals surface area contributed by atoms with Crippen LogP contribution in [0.5, 0.6) is 5.75 Å². The molecule has 2 aromatic carbocycles. The number of nitrogens with one attached hydrogen (secondary N) is 1. The van der Waals surface area contributed by atoms with Crippen molar-refractivity contribution < 1.29 is 9.53 Å². The number of benzene rings is 2. The van der Waals surface area contributed by atoms with Crippen molar-refractivity contribution in [3.63, 3.8) is 0 Å². The number of nitrogens with zero attached hydrogens (tertiary/aromatic N) is 2. The van der Waals surface area contributed by atoms with E-state index >= 15 is 0 Å². The lowest BCUT2D eigenvalue weighted by Crippen LogP contribution is -2.42. The molecule has 0 fully saturated rings. The number of halogens is 1. The number of carbonyl (C=O) groups excluding carboxylic acids is 1. The molecule has 1 aromatic heterocycles. The zero-order valence-corrected chi connectivity index (χ0v) is 14.1.